The second-order valence-electron chi connectivity index (χ2n) is 4.94. The molecule has 0 saturated carbocycles. The van der Waals surface area contributed by atoms with Crippen LogP contribution in [0.4, 0.5) is 5.69 Å². The lowest BCUT2D eigenvalue weighted by atomic mass is 10.1. The Morgan fingerprint density at radius 1 is 1.05 bits per heavy atom. The zero-order valence-corrected chi connectivity index (χ0v) is 13.2. The molecule has 110 valence electrons. The Hall–Kier alpha value is -1.85. The number of hydrogen-bond acceptors (Lipinski definition) is 3. The smallest absolute Gasteiger partial charge is 0.231 e. The highest BCUT2D eigenvalue weighted by Gasteiger charge is 2.11. The molecule has 1 amide bonds. The van der Waals surface area contributed by atoms with Gasteiger partial charge in [0.05, 0.1) is 6.54 Å². The summed E-state index contributed by atoms with van der Waals surface area (Å²) in [5, 5.41) is 0. The van der Waals surface area contributed by atoms with Crippen LogP contribution in [0, 0.1) is 0 Å². The Kier molecular flexibility index (Phi) is 5.36. The van der Waals surface area contributed by atoms with E-state index in [2.05, 4.69) is 15.9 Å². The molecule has 0 aliphatic carbocycles. The SMILES string of the molecule is NC(=O)CN(Cc1ccc(N)cc1)Cc1ccccc1Br. The monoisotopic (exact) mass is 347 g/mol. The standard InChI is InChI=1S/C16H18BrN3O/c17-15-4-2-1-3-13(15)10-20(11-16(19)21)9-12-5-7-14(18)8-6-12/h1-8H,9-11,18H2,(H2,19,21). The predicted molar refractivity (Wildman–Crippen MR) is 88.3 cm³/mol. The first kappa shape index (κ1) is 15.5. The van der Waals surface area contributed by atoms with Crippen LogP contribution in [-0.2, 0) is 17.9 Å². The van der Waals surface area contributed by atoms with Crippen LogP contribution >= 0.6 is 15.9 Å². The van der Waals surface area contributed by atoms with Gasteiger partial charge in [-0.25, -0.2) is 0 Å². The van der Waals surface area contributed by atoms with Gasteiger partial charge in [0.15, 0.2) is 0 Å². The number of hydrogen-bond donors (Lipinski definition) is 2. The van der Waals surface area contributed by atoms with Crippen molar-refractivity contribution in [2.24, 2.45) is 5.73 Å². The van der Waals surface area contributed by atoms with Crippen LogP contribution in [0.5, 0.6) is 0 Å². The summed E-state index contributed by atoms with van der Waals surface area (Å²) in [4.78, 5) is 13.3. The first-order valence-corrected chi connectivity index (χ1v) is 7.42. The van der Waals surface area contributed by atoms with Crippen molar-refractivity contribution < 1.29 is 4.79 Å². The number of carbonyl (C=O) groups excluding carboxylic acids is 1. The maximum Gasteiger partial charge on any atom is 0.231 e. The molecule has 0 heterocycles. The number of carbonyl (C=O) groups is 1. The Balaban J connectivity index is 2.12. The molecule has 0 saturated heterocycles. The van der Waals surface area contributed by atoms with Gasteiger partial charge >= 0.3 is 0 Å². The minimum Gasteiger partial charge on any atom is -0.399 e. The topological polar surface area (TPSA) is 72.4 Å². The second-order valence-corrected chi connectivity index (χ2v) is 5.80. The lowest BCUT2D eigenvalue weighted by Gasteiger charge is -2.21. The van der Waals surface area contributed by atoms with Crippen LogP contribution in [0.3, 0.4) is 0 Å². The molecule has 2 rings (SSSR count). The van der Waals surface area contributed by atoms with Gasteiger partial charge in [0.1, 0.15) is 0 Å². The van der Waals surface area contributed by atoms with Crippen LogP contribution in [0.25, 0.3) is 0 Å². The molecule has 21 heavy (non-hydrogen) atoms. The minimum atomic E-state index is -0.336. The van der Waals surface area contributed by atoms with Gasteiger partial charge < -0.3 is 11.5 Å². The van der Waals surface area contributed by atoms with Crippen LogP contribution in [-0.4, -0.2) is 17.4 Å². The van der Waals surface area contributed by atoms with Crippen LogP contribution < -0.4 is 11.5 Å². The number of amides is 1. The highest BCUT2D eigenvalue weighted by molar-refractivity contribution is 9.10. The number of rotatable bonds is 6. The first-order chi connectivity index (χ1) is 10.0. The normalized spacial score (nSPS) is 10.8. The van der Waals surface area contributed by atoms with Crippen LogP contribution in [0.15, 0.2) is 53.0 Å². The third-order valence-electron chi connectivity index (χ3n) is 3.12. The zero-order valence-electron chi connectivity index (χ0n) is 11.6. The van der Waals surface area contributed by atoms with Gasteiger partial charge in [-0.2, -0.15) is 0 Å². The summed E-state index contributed by atoms with van der Waals surface area (Å²) in [6, 6.07) is 15.6. The van der Waals surface area contributed by atoms with Crippen molar-refractivity contribution in [2.45, 2.75) is 13.1 Å². The van der Waals surface area contributed by atoms with Gasteiger partial charge in [-0.05, 0) is 29.3 Å². The van der Waals surface area contributed by atoms with Crippen LogP contribution in [0.2, 0.25) is 0 Å². The van der Waals surface area contributed by atoms with E-state index in [4.69, 9.17) is 11.5 Å². The fraction of sp³-hybridized carbons (Fsp3) is 0.188. The highest BCUT2D eigenvalue weighted by atomic mass is 79.9. The molecule has 0 aliphatic heterocycles. The summed E-state index contributed by atoms with van der Waals surface area (Å²) in [6.07, 6.45) is 0. The van der Waals surface area contributed by atoms with Crippen molar-refractivity contribution in [1.29, 1.82) is 0 Å². The Labute approximate surface area is 132 Å². The van der Waals surface area contributed by atoms with Gasteiger partial charge in [0.2, 0.25) is 5.91 Å². The van der Waals surface area contributed by atoms with Gasteiger partial charge in [-0.3, -0.25) is 9.69 Å². The fourth-order valence-electron chi connectivity index (χ4n) is 2.14. The van der Waals surface area contributed by atoms with E-state index < -0.39 is 0 Å². The molecular weight excluding hydrogens is 330 g/mol. The molecule has 2 aromatic carbocycles. The summed E-state index contributed by atoms with van der Waals surface area (Å²) < 4.78 is 1.02. The molecule has 0 bridgehead atoms. The van der Waals surface area contributed by atoms with Gasteiger partial charge in [0, 0.05) is 23.2 Å². The number of nitrogen functional groups attached to an aromatic ring is 1. The van der Waals surface area contributed by atoms with Crippen molar-refractivity contribution in [3.05, 3.63) is 64.1 Å². The van der Waals surface area contributed by atoms with E-state index >= 15 is 0 Å². The van der Waals surface area contributed by atoms with Crippen molar-refractivity contribution >= 4 is 27.5 Å². The average molecular weight is 348 g/mol. The van der Waals surface area contributed by atoms with Gasteiger partial charge in [0.25, 0.3) is 0 Å². The molecule has 0 unspecified atom stereocenters. The molecule has 0 aliphatic rings. The fourth-order valence-corrected chi connectivity index (χ4v) is 2.55. The molecule has 0 fully saturated rings. The molecule has 0 atom stereocenters. The van der Waals surface area contributed by atoms with Gasteiger partial charge in [-0.15, -0.1) is 0 Å². The van der Waals surface area contributed by atoms with Crippen LogP contribution in [0.1, 0.15) is 11.1 Å². The van der Waals surface area contributed by atoms with E-state index in [1.165, 1.54) is 0 Å². The number of benzene rings is 2. The molecule has 2 aromatic rings. The maximum absolute atomic E-state index is 11.3. The summed E-state index contributed by atoms with van der Waals surface area (Å²) in [7, 11) is 0. The number of halogens is 1. The van der Waals surface area contributed by atoms with E-state index in [-0.39, 0.29) is 12.5 Å². The molecule has 4 nitrogen and oxygen atoms in total. The number of nitrogens with two attached hydrogens (primary N) is 2. The summed E-state index contributed by atoms with van der Waals surface area (Å²) in [5.74, 6) is -0.336. The Bertz CT molecular complexity index is 613. The Morgan fingerprint density at radius 2 is 1.71 bits per heavy atom. The van der Waals surface area contributed by atoms with Crippen molar-refractivity contribution in [3.8, 4) is 0 Å². The third kappa shape index (κ3) is 4.88. The van der Waals surface area contributed by atoms with E-state index in [1.807, 2.05) is 53.4 Å². The molecule has 0 radical (unpaired) electrons. The number of primary amides is 1. The van der Waals surface area contributed by atoms with E-state index in [9.17, 15) is 4.79 Å². The highest BCUT2D eigenvalue weighted by Crippen LogP contribution is 2.19. The quantitative estimate of drug-likeness (QED) is 0.788. The molecular formula is C16H18BrN3O. The largest absolute Gasteiger partial charge is 0.399 e. The summed E-state index contributed by atoms with van der Waals surface area (Å²) in [6.45, 7) is 1.50. The molecule has 4 N–H and O–H groups in total. The first-order valence-electron chi connectivity index (χ1n) is 6.63. The van der Waals surface area contributed by atoms with E-state index in [0.717, 1.165) is 21.3 Å². The van der Waals surface area contributed by atoms with Crippen molar-refractivity contribution in [2.75, 3.05) is 12.3 Å². The molecule has 0 aromatic heterocycles. The maximum atomic E-state index is 11.3. The molecule has 0 spiro atoms. The summed E-state index contributed by atoms with van der Waals surface area (Å²) in [5.41, 5.74) is 14.0. The van der Waals surface area contributed by atoms with Crippen molar-refractivity contribution in [3.63, 3.8) is 0 Å². The summed E-state index contributed by atoms with van der Waals surface area (Å²) >= 11 is 3.53. The predicted octanol–water partition coefficient (Wildman–Crippen LogP) is 2.52. The minimum absolute atomic E-state index is 0.214. The van der Waals surface area contributed by atoms with E-state index in [0.29, 0.717) is 13.1 Å². The lowest BCUT2D eigenvalue weighted by Crippen LogP contribution is -2.33. The zero-order chi connectivity index (χ0) is 15.2. The van der Waals surface area contributed by atoms with Gasteiger partial charge in [-0.1, -0.05) is 46.3 Å². The number of anilines is 1. The van der Waals surface area contributed by atoms with Crippen molar-refractivity contribution in [1.82, 2.24) is 4.90 Å². The average Bonchev–Trinajstić information content (AvgIpc) is 2.43. The lowest BCUT2D eigenvalue weighted by molar-refractivity contribution is -0.119. The Morgan fingerprint density at radius 3 is 2.33 bits per heavy atom. The number of nitrogens with zero attached hydrogens (tertiary/aromatic N) is 1. The third-order valence-corrected chi connectivity index (χ3v) is 3.89. The molecule has 5 heteroatoms. The van der Waals surface area contributed by atoms with E-state index in [1.54, 1.807) is 0 Å². The second kappa shape index (κ2) is 7.24.